The van der Waals surface area contributed by atoms with Gasteiger partial charge in [-0.05, 0) is 30.8 Å². The lowest BCUT2D eigenvalue weighted by molar-refractivity contribution is 0.531. The maximum atomic E-state index is 14.0. The van der Waals surface area contributed by atoms with Gasteiger partial charge in [0.05, 0.1) is 6.04 Å². The van der Waals surface area contributed by atoms with Crippen molar-refractivity contribution in [1.29, 1.82) is 0 Å². The first-order chi connectivity index (χ1) is 9.52. The second kappa shape index (κ2) is 6.53. The average molecular weight is 316 g/mol. The predicted molar refractivity (Wildman–Crippen MR) is 78.3 cm³/mol. The molecule has 1 nitrogen and oxygen atoms in total. The van der Waals surface area contributed by atoms with Crippen molar-refractivity contribution in [3.63, 3.8) is 0 Å². The van der Waals surface area contributed by atoms with E-state index in [9.17, 15) is 8.78 Å². The molecule has 0 aliphatic rings. The third kappa shape index (κ3) is 3.29. The number of benzene rings is 2. The van der Waals surface area contributed by atoms with Crippen LogP contribution in [-0.4, -0.2) is 6.54 Å². The molecule has 0 fully saturated rings. The maximum absolute atomic E-state index is 14.0. The lowest BCUT2D eigenvalue weighted by atomic mass is 9.97. The quantitative estimate of drug-likeness (QED) is 0.840. The molecule has 0 aliphatic carbocycles. The molecule has 0 amide bonds. The number of hydrogen-bond donors (Lipinski definition) is 1. The van der Waals surface area contributed by atoms with Gasteiger partial charge >= 0.3 is 0 Å². The Balaban J connectivity index is 2.50. The monoisotopic (exact) mass is 315 g/mol. The summed E-state index contributed by atoms with van der Waals surface area (Å²) < 4.78 is 28.1. The van der Waals surface area contributed by atoms with Gasteiger partial charge in [0.1, 0.15) is 11.6 Å². The van der Waals surface area contributed by atoms with Crippen molar-refractivity contribution < 1.29 is 8.78 Å². The molecule has 0 unspecified atom stereocenters. The van der Waals surface area contributed by atoms with Crippen molar-refractivity contribution in [2.75, 3.05) is 6.54 Å². The van der Waals surface area contributed by atoms with E-state index < -0.39 is 17.7 Å². The third-order valence-corrected chi connectivity index (χ3v) is 3.43. The lowest BCUT2D eigenvalue weighted by Crippen LogP contribution is -2.24. The fourth-order valence-electron chi connectivity index (χ4n) is 2.06. The minimum absolute atomic E-state index is 0.304. The fourth-order valence-corrected chi connectivity index (χ4v) is 2.38. The van der Waals surface area contributed by atoms with Crippen LogP contribution in [0.15, 0.2) is 36.4 Å². The summed E-state index contributed by atoms with van der Waals surface area (Å²) in [6, 6.07) is 8.12. The summed E-state index contributed by atoms with van der Waals surface area (Å²) in [4.78, 5) is 0. The molecule has 0 radical (unpaired) electrons. The second-order valence-electron chi connectivity index (χ2n) is 4.32. The average Bonchev–Trinajstić information content (AvgIpc) is 2.37. The highest BCUT2D eigenvalue weighted by atomic mass is 35.5. The molecule has 1 N–H and O–H groups in total. The standard InChI is InChI=1S/C15H13Cl2F2N/c1-2-20-15(11-5-3-9(16)7-13(11)18)12-6-4-10(17)8-14(12)19/h3-8,15,20H,2H2,1H3. The largest absolute Gasteiger partial charge is 0.306 e. The summed E-state index contributed by atoms with van der Waals surface area (Å²) >= 11 is 11.5. The van der Waals surface area contributed by atoms with Gasteiger partial charge in [-0.25, -0.2) is 8.78 Å². The minimum Gasteiger partial charge on any atom is -0.306 e. The Hall–Kier alpha value is -1.16. The van der Waals surface area contributed by atoms with Gasteiger partial charge in [0, 0.05) is 21.2 Å². The van der Waals surface area contributed by atoms with E-state index in [0.29, 0.717) is 27.7 Å². The van der Waals surface area contributed by atoms with Crippen LogP contribution in [0.25, 0.3) is 0 Å². The zero-order valence-corrected chi connectivity index (χ0v) is 12.3. The van der Waals surface area contributed by atoms with Crippen molar-refractivity contribution in [2.45, 2.75) is 13.0 Å². The van der Waals surface area contributed by atoms with E-state index in [0.717, 1.165) is 0 Å². The molecule has 0 atom stereocenters. The van der Waals surface area contributed by atoms with E-state index in [1.807, 2.05) is 6.92 Å². The minimum atomic E-state index is -0.588. The Bertz CT molecular complexity index is 565. The van der Waals surface area contributed by atoms with Crippen LogP contribution in [-0.2, 0) is 0 Å². The molecule has 2 aromatic rings. The van der Waals surface area contributed by atoms with E-state index in [1.54, 1.807) is 24.3 Å². The van der Waals surface area contributed by atoms with Gasteiger partial charge in [-0.15, -0.1) is 0 Å². The number of hydrogen-bond acceptors (Lipinski definition) is 1. The molecule has 0 bridgehead atoms. The molecular formula is C15H13Cl2F2N. The van der Waals surface area contributed by atoms with Crippen LogP contribution in [0.3, 0.4) is 0 Å². The van der Waals surface area contributed by atoms with Crippen LogP contribution in [0.1, 0.15) is 24.1 Å². The van der Waals surface area contributed by atoms with Crippen molar-refractivity contribution >= 4 is 23.2 Å². The van der Waals surface area contributed by atoms with Crippen molar-refractivity contribution in [1.82, 2.24) is 5.32 Å². The highest BCUT2D eigenvalue weighted by Gasteiger charge is 2.20. The van der Waals surface area contributed by atoms with Gasteiger partial charge in [-0.1, -0.05) is 42.3 Å². The van der Waals surface area contributed by atoms with Gasteiger partial charge in [-0.3, -0.25) is 0 Å². The predicted octanol–water partition coefficient (Wildman–Crippen LogP) is 4.97. The van der Waals surface area contributed by atoms with Gasteiger partial charge in [0.25, 0.3) is 0 Å². The van der Waals surface area contributed by atoms with Gasteiger partial charge in [0.2, 0.25) is 0 Å². The first kappa shape index (κ1) is 15.2. The van der Waals surface area contributed by atoms with E-state index in [-0.39, 0.29) is 0 Å². The molecule has 20 heavy (non-hydrogen) atoms. The Kier molecular flexibility index (Phi) is 4.97. The summed E-state index contributed by atoms with van der Waals surface area (Å²) in [7, 11) is 0. The van der Waals surface area contributed by atoms with Crippen molar-refractivity contribution in [3.05, 3.63) is 69.2 Å². The molecule has 106 valence electrons. The summed E-state index contributed by atoms with van der Waals surface area (Å²) in [5.41, 5.74) is 0.690. The molecular weight excluding hydrogens is 303 g/mol. The summed E-state index contributed by atoms with van der Waals surface area (Å²) in [5.74, 6) is -0.949. The molecule has 0 spiro atoms. The number of rotatable bonds is 4. The second-order valence-corrected chi connectivity index (χ2v) is 5.20. The summed E-state index contributed by atoms with van der Waals surface area (Å²) in [6.07, 6.45) is 0. The van der Waals surface area contributed by atoms with Crippen LogP contribution < -0.4 is 5.32 Å². The molecule has 0 saturated heterocycles. The highest BCUT2D eigenvalue weighted by molar-refractivity contribution is 6.30. The summed E-state index contributed by atoms with van der Waals surface area (Å²) in [6.45, 7) is 2.43. The molecule has 2 rings (SSSR count). The van der Waals surface area contributed by atoms with Crippen LogP contribution in [0, 0.1) is 11.6 Å². The van der Waals surface area contributed by atoms with Crippen LogP contribution in [0.2, 0.25) is 10.0 Å². The van der Waals surface area contributed by atoms with Gasteiger partial charge < -0.3 is 5.32 Å². The molecule has 0 aromatic heterocycles. The van der Waals surface area contributed by atoms with Crippen molar-refractivity contribution in [3.8, 4) is 0 Å². The topological polar surface area (TPSA) is 12.0 Å². The summed E-state index contributed by atoms with van der Waals surface area (Å²) in [5, 5.41) is 3.68. The van der Waals surface area contributed by atoms with Crippen molar-refractivity contribution in [2.24, 2.45) is 0 Å². The first-order valence-electron chi connectivity index (χ1n) is 6.16. The zero-order valence-electron chi connectivity index (χ0n) is 10.8. The van der Waals surface area contributed by atoms with E-state index in [4.69, 9.17) is 23.2 Å². The molecule has 0 heterocycles. The van der Waals surface area contributed by atoms with Crippen LogP contribution in [0.5, 0.6) is 0 Å². The van der Waals surface area contributed by atoms with Gasteiger partial charge in [0.15, 0.2) is 0 Å². The number of halogens is 4. The van der Waals surface area contributed by atoms with E-state index >= 15 is 0 Å². The smallest absolute Gasteiger partial charge is 0.129 e. The number of nitrogens with one attached hydrogen (secondary N) is 1. The third-order valence-electron chi connectivity index (χ3n) is 2.96. The molecule has 0 saturated carbocycles. The van der Waals surface area contributed by atoms with E-state index in [1.165, 1.54) is 12.1 Å². The SMILES string of the molecule is CCNC(c1ccc(Cl)cc1F)c1ccc(Cl)cc1F. The molecule has 2 aromatic carbocycles. The molecule has 0 aliphatic heterocycles. The van der Waals surface area contributed by atoms with Crippen LogP contribution in [0.4, 0.5) is 8.78 Å². The van der Waals surface area contributed by atoms with E-state index in [2.05, 4.69) is 5.32 Å². The fraction of sp³-hybridized carbons (Fsp3) is 0.200. The van der Waals surface area contributed by atoms with Gasteiger partial charge in [-0.2, -0.15) is 0 Å². The van der Waals surface area contributed by atoms with Crippen LogP contribution >= 0.6 is 23.2 Å². The maximum Gasteiger partial charge on any atom is 0.129 e. The Morgan fingerprint density at radius 1 is 0.950 bits per heavy atom. The Morgan fingerprint density at radius 2 is 1.40 bits per heavy atom. The molecule has 5 heteroatoms. The first-order valence-corrected chi connectivity index (χ1v) is 6.91. The normalized spacial score (nSPS) is 11.1. The zero-order chi connectivity index (χ0) is 14.7. The highest BCUT2D eigenvalue weighted by Crippen LogP contribution is 2.29. The Morgan fingerprint density at radius 3 is 1.75 bits per heavy atom. The Labute approximate surface area is 126 Å². The lowest BCUT2D eigenvalue weighted by Gasteiger charge is -2.20.